The molecular formula is C18H16O2S2. The fraction of sp³-hybridized carbons (Fsp3) is 0.278. The van der Waals surface area contributed by atoms with Crippen molar-refractivity contribution < 1.29 is 9.90 Å². The van der Waals surface area contributed by atoms with Crippen molar-refractivity contribution in [3.63, 3.8) is 0 Å². The first kappa shape index (κ1) is 14.2. The third-order valence-corrected chi connectivity index (χ3v) is 7.99. The van der Waals surface area contributed by atoms with Gasteiger partial charge in [0.15, 0.2) is 0 Å². The first-order chi connectivity index (χ1) is 10.7. The van der Waals surface area contributed by atoms with Gasteiger partial charge in [0.05, 0.1) is 10.5 Å². The van der Waals surface area contributed by atoms with Crippen LogP contribution in [0.25, 0.3) is 16.8 Å². The molecule has 4 heteroatoms. The Labute approximate surface area is 138 Å². The lowest BCUT2D eigenvalue weighted by atomic mass is 9.82. The Morgan fingerprint density at radius 2 is 1.95 bits per heavy atom. The van der Waals surface area contributed by atoms with Crippen LogP contribution in [0.5, 0.6) is 0 Å². The van der Waals surface area contributed by atoms with Crippen LogP contribution in [0, 0.1) is 0 Å². The summed E-state index contributed by atoms with van der Waals surface area (Å²) in [5.41, 5.74) is 2.38. The monoisotopic (exact) mass is 328 g/mol. The summed E-state index contributed by atoms with van der Waals surface area (Å²) in [6, 6.07) is 12.6. The van der Waals surface area contributed by atoms with Gasteiger partial charge in [-0.1, -0.05) is 48.6 Å². The van der Waals surface area contributed by atoms with E-state index in [2.05, 4.69) is 36.4 Å². The van der Waals surface area contributed by atoms with Gasteiger partial charge in [-0.05, 0) is 21.9 Å². The molecule has 1 spiro atoms. The fourth-order valence-corrected chi connectivity index (χ4v) is 6.79. The molecule has 1 atom stereocenters. The van der Waals surface area contributed by atoms with Crippen LogP contribution >= 0.6 is 23.5 Å². The molecule has 1 saturated heterocycles. The second-order valence-electron chi connectivity index (χ2n) is 5.69. The highest BCUT2D eigenvalue weighted by Crippen LogP contribution is 2.58. The topological polar surface area (TPSA) is 37.3 Å². The van der Waals surface area contributed by atoms with Crippen LogP contribution in [0.15, 0.2) is 42.5 Å². The predicted octanol–water partition coefficient (Wildman–Crippen LogP) is 4.60. The number of carbonyl (C=O) groups is 1. The summed E-state index contributed by atoms with van der Waals surface area (Å²) in [4.78, 5) is 11.4. The minimum Gasteiger partial charge on any atom is -0.481 e. The van der Waals surface area contributed by atoms with Crippen molar-refractivity contribution in [2.75, 3.05) is 11.5 Å². The predicted molar refractivity (Wildman–Crippen MR) is 95.6 cm³/mol. The first-order valence-electron chi connectivity index (χ1n) is 7.40. The molecule has 1 heterocycles. The van der Waals surface area contributed by atoms with E-state index < -0.39 is 5.97 Å². The van der Waals surface area contributed by atoms with Crippen LogP contribution in [0.4, 0.5) is 0 Å². The summed E-state index contributed by atoms with van der Waals surface area (Å²) in [7, 11) is 0. The molecule has 1 N–H and O–H groups in total. The molecule has 1 unspecified atom stereocenters. The number of carboxylic acid groups (broad SMARTS) is 1. The van der Waals surface area contributed by atoms with Crippen LogP contribution < -0.4 is 0 Å². The molecule has 112 valence electrons. The average molecular weight is 328 g/mol. The van der Waals surface area contributed by atoms with E-state index in [0.29, 0.717) is 0 Å². The van der Waals surface area contributed by atoms with E-state index in [0.717, 1.165) is 11.5 Å². The van der Waals surface area contributed by atoms with Crippen molar-refractivity contribution in [2.24, 2.45) is 0 Å². The van der Waals surface area contributed by atoms with Crippen molar-refractivity contribution in [1.29, 1.82) is 0 Å². The van der Waals surface area contributed by atoms with Gasteiger partial charge < -0.3 is 5.11 Å². The van der Waals surface area contributed by atoms with Gasteiger partial charge in [0.2, 0.25) is 0 Å². The Hall–Kier alpha value is -1.39. The molecule has 2 aromatic carbocycles. The second kappa shape index (κ2) is 5.36. The molecule has 1 aliphatic heterocycles. The van der Waals surface area contributed by atoms with Crippen molar-refractivity contribution in [2.45, 2.75) is 16.4 Å². The largest absolute Gasteiger partial charge is 0.481 e. The van der Waals surface area contributed by atoms with Crippen molar-refractivity contribution in [3.8, 4) is 0 Å². The van der Waals surface area contributed by atoms with Crippen LogP contribution in [-0.2, 0) is 4.79 Å². The van der Waals surface area contributed by atoms with Crippen molar-refractivity contribution in [3.05, 3.63) is 53.6 Å². The smallest absolute Gasteiger partial charge is 0.304 e. The van der Waals surface area contributed by atoms with Crippen LogP contribution in [0.3, 0.4) is 0 Å². The lowest BCUT2D eigenvalue weighted by molar-refractivity contribution is -0.137. The van der Waals surface area contributed by atoms with Gasteiger partial charge in [-0.3, -0.25) is 4.79 Å². The zero-order valence-electron chi connectivity index (χ0n) is 12.0. The van der Waals surface area contributed by atoms with Gasteiger partial charge >= 0.3 is 5.97 Å². The van der Waals surface area contributed by atoms with Crippen LogP contribution in [0.1, 0.15) is 23.5 Å². The molecule has 0 bridgehead atoms. The molecule has 0 amide bonds. The Bertz CT molecular complexity index is 776. The average Bonchev–Trinajstić information content (AvgIpc) is 2.99. The highest BCUT2D eigenvalue weighted by Gasteiger charge is 2.45. The summed E-state index contributed by atoms with van der Waals surface area (Å²) in [6.07, 6.45) is 4.65. The van der Waals surface area contributed by atoms with Gasteiger partial charge in [0.25, 0.3) is 0 Å². The molecule has 4 rings (SSSR count). The highest BCUT2D eigenvalue weighted by atomic mass is 32.2. The van der Waals surface area contributed by atoms with Crippen LogP contribution in [-0.4, -0.2) is 26.7 Å². The minimum atomic E-state index is -0.716. The molecule has 22 heavy (non-hydrogen) atoms. The quantitative estimate of drug-likeness (QED) is 0.874. The van der Waals surface area contributed by atoms with Gasteiger partial charge in [0.1, 0.15) is 0 Å². The maximum absolute atomic E-state index is 11.4. The van der Waals surface area contributed by atoms with Gasteiger partial charge in [-0.2, -0.15) is 0 Å². The minimum absolute atomic E-state index is 0.0344. The lowest BCUT2D eigenvalue weighted by Gasteiger charge is -2.37. The zero-order chi connectivity index (χ0) is 15.2. The van der Waals surface area contributed by atoms with E-state index in [9.17, 15) is 9.90 Å². The third-order valence-electron chi connectivity index (χ3n) is 4.47. The maximum atomic E-state index is 11.4. The van der Waals surface area contributed by atoms with Gasteiger partial charge in [0, 0.05) is 17.4 Å². The van der Waals surface area contributed by atoms with E-state index in [4.69, 9.17) is 0 Å². The summed E-state index contributed by atoms with van der Waals surface area (Å²) in [6.45, 7) is 0. The number of benzene rings is 2. The lowest BCUT2D eigenvalue weighted by Crippen LogP contribution is -2.30. The molecule has 0 saturated carbocycles. The third kappa shape index (κ3) is 2.17. The Morgan fingerprint density at radius 1 is 1.18 bits per heavy atom. The highest BCUT2D eigenvalue weighted by molar-refractivity contribution is 8.21. The number of thioether (sulfide) groups is 2. The molecule has 0 radical (unpaired) electrons. The van der Waals surface area contributed by atoms with Gasteiger partial charge in [-0.25, -0.2) is 0 Å². The summed E-state index contributed by atoms with van der Waals surface area (Å²) in [5, 5.41) is 11.8. The molecule has 1 aliphatic carbocycles. The Balaban J connectivity index is 1.92. The Morgan fingerprint density at radius 3 is 2.73 bits per heavy atom. The molecule has 0 aromatic heterocycles. The molecular weight excluding hydrogens is 312 g/mol. The molecule has 2 nitrogen and oxygen atoms in total. The standard InChI is InChI=1S/C18H16O2S2/c19-17(20)11-16-15-6-5-12-3-1-2-4-13(12)14(15)7-8-18(16)21-9-10-22-18/h1-8,16H,9-11H2,(H,19,20). The first-order valence-corrected chi connectivity index (χ1v) is 9.37. The molecule has 2 aromatic rings. The fourth-order valence-electron chi connectivity index (χ4n) is 3.50. The zero-order valence-corrected chi connectivity index (χ0v) is 13.6. The Kier molecular flexibility index (Phi) is 3.46. The number of rotatable bonds is 2. The SMILES string of the molecule is O=C(O)CC1c2ccc3ccccc3c2C=CC12SCCS2. The van der Waals surface area contributed by atoms with E-state index in [-0.39, 0.29) is 16.4 Å². The maximum Gasteiger partial charge on any atom is 0.304 e. The van der Waals surface area contributed by atoms with Gasteiger partial charge in [-0.15, -0.1) is 23.5 Å². The van der Waals surface area contributed by atoms with Crippen LogP contribution in [0.2, 0.25) is 0 Å². The molecule has 1 fully saturated rings. The summed E-state index contributed by atoms with van der Waals surface area (Å²) >= 11 is 3.80. The summed E-state index contributed by atoms with van der Waals surface area (Å²) < 4.78 is -0.103. The number of carboxylic acids is 1. The number of fused-ring (bicyclic) bond motifs is 3. The number of hydrogen-bond acceptors (Lipinski definition) is 3. The van der Waals surface area contributed by atoms with E-state index >= 15 is 0 Å². The van der Waals surface area contributed by atoms with Crippen molar-refractivity contribution in [1.82, 2.24) is 0 Å². The second-order valence-corrected chi connectivity index (χ2v) is 8.70. The van der Waals surface area contributed by atoms with Crippen molar-refractivity contribution >= 4 is 46.3 Å². The van der Waals surface area contributed by atoms with E-state index in [1.807, 2.05) is 35.7 Å². The van der Waals surface area contributed by atoms with E-state index in [1.54, 1.807) is 0 Å². The summed E-state index contributed by atoms with van der Waals surface area (Å²) in [5.74, 6) is 1.50. The molecule has 2 aliphatic rings. The number of aliphatic carboxylic acids is 1. The number of hydrogen-bond donors (Lipinski definition) is 1. The normalized spacial score (nSPS) is 22.1. The van der Waals surface area contributed by atoms with E-state index in [1.165, 1.54) is 21.9 Å².